The van der Waals surface area contributed by atoms with Crippen LogP contribution in [0.1, 0.15) is 43.0 Å². The van der Waals surface area contributed by atoms with Gasteiger partial charge in [-0.15, -0.1) is 0 Å². The van der Waals surface area contributed by atoms with Crippen LogP contribution in [0.5, 0.6) is 0 Å². The summed E-state index contributed by atoms with van der Waals surface area (Å²) in [5.41, 5.74) is 5.93. The fourth-order valence-corrected chi connectivity index (χ4v) is 2.80. The molecule has 1 aliphatic carbocycles. The van der Waals surface area contributed by atoms with Crippen LogP contribution in [-0.2, 0) is 11.3 Å². The molecular weight excluding hydrogens is 262 g/mol. The molecule has 104 valence electrons. The van der Waals surface area contributed by atoms with Crippen LogP contribution >= 0.6 is 12.2 Å². The molecule has 5 nitrogen and oxygen atoms in total. The number of nitrogens with one attached hydrogen (secondary N) is 1. The topological polar surface area (TPSA) is 81.2 Å². The van der Waals surface area contributed by atoms with Crippen LogP contribution in [0.3, 0.4) is 0 Å². The summed E-state index contributed by atoms with van der Waals surface area (Å²) >= 11 is 5.08. The zero-order valence-corrected chi connectivity index (χ0v) is 12.1. The van der Waals surface area contributed by atoms with Gasteiger partial charge in [-0.1, -0.05) is 25.1 Å². The number of thiocarbonyl (C=S) groups is 1. The van der Waals surface area contributed by atoms with Gasteiger partial charge in [0.05, 0.1) is 22.6 Å². The molecule has 6 heteroatoms. The summed E-state index contributed by atoms with van der Waals surface area (Å²) in [5.74, 6) is 1.18. The first-order chi connectivity index (χ1) is 8.95. The number of hydrogen-bond donors (Lipinski definition) is 2. The first-order valence-electron chi connectivity index (χ1n) is 6.47. The maximum Gasteiger partial charge on any atom is 0.233 e. The molecule has 0 saturated heterocycles. The van der Waals surface area contributed by atoms with Crippen molar-refractivity contribution in [3.05, 3.63) is 17.3 Å². The summed E-state index contributed by atoms with van der Waals surface area (Å²) in [6.07, 6.45) is 3.44. The van der Waals surface area contributed by atoms with Gasteiger partial charge in [0.15, 0.2) is 0 Å². The van der Waals surface area contributed by atoms with Crippen LogP contribution in [-0.4, -0.2) is 15.9 Å². The van der Waals surface area contributed by atoms with Gasteiger partial charge in [0, 0.05) is 0 Å². The molecule has 1 heterocycles. The monoisotopic (exact) mass is 281 g/mol. The van der Waals surface area contributed by atoms with Gasteiger partial charge in [-0.3, -0.25) is 4.79 Å². The minimum Gasteiger partial charge on any atom is -0.444 e. The molecular formula is C13H19N3O2S. The van der Waals surface area contributed by atoms with Gasteiger partial charge in [-0.05, 0) is 26.7 Å². The molecule has 0 spiro atoms. The number of carbonyl (C=O) groups is 1. The predicted octanol–water partition coefficient (Wildman–Crippen LogP) is 1.75. The molecule has 1 saturated carbocycles. The van der Waals surface area contributed by atoms with Crippen molar-refractivity contribution in [2.45, 2.75) is 46.1 Å². The highest BCUT2D eigenvalue weighted by Crippen LogP contribution is 2.38. The first kappa shape index (κ1) is 14.0. The summed E-state index contributed by atoms with van der Waals surface area (Å²) < 4.78 is 5.43. The molecule has 0 aromatic carbocycles. The molecule has 0 bridgehead atoms. The van der Waals surface area contributed by atoms with Crippen molar-refractivity contribution < 1.29 is 9.21 Å². The Labute approximate surface area is 117 Å². The summed E-state index contributed by atoms with van der Waals surface area (Å²) in [6.45, 7) is 4.00. The number of hydrogen-bond acceptors (Lipinski definition) is 4. The van der Waals surface area contributed by atoms with E-state index in [0.29, 0.717) is 10.9 Å². The largest absolute Gasteiger partial charge is 0.444 e. The average molecular weight is 281 g/mol. The fourth-order valence-electron chi connectivity index (χ4n) is 2.50. The molecule has 3 N–H and O–H groups in total. The number of nitrogens with two attached hydrogens (primary N) is 1. The van der Waals surface area contributed by atoms with Crippen molar-refractivity contribution in [2.24, 2.45) is 11.1 Å². The lowest BCUT2D eigenvalue weighted by Gasteiger charge is -2.25. The Morgan fingerprint density at radius 3 is 2.58 bits per heavy atom. The lowest BCUT2D eigenvalue weighted by molar-refractivity contribution is -0.127. The Balaban J connectivity index is 2.02. The second kappa shape index (κ2) is 5.28. The standard InChI is InChI=1S/C13H19N3O2S/c1-8-9(2)18-10(16-8)7-15-12(17)13(11(14)19)5-3-4-6-13/h3-7H2,1-2H3,(H2,14,19)(H,15,17). The van der Waals surface area contributed by atoms with Gasteiger partial charge >= 0.3 is 0 Å². The van der Waals surface area contributed by atoms with Crippen molar-refractivity contribution in [1.29, 1.82) is 0 Å². The molecule has 1 aliphatic rings. The Kier molecular flexibility index (Phi) is 3.89. The Morgan fingerprint density at radius 2 is 2.11 bits per heavy atom. The average Bonchev–Trinajstić information content (AvgIpc) is 2.95. The zero-order chi connectivity index (χ0) is 14.0. The van der Waals surface area contributed by atoms with Gasteiger partial charge in [-0.25, -0.2) is 4.98 Å². The first-order valence-corrected chi connectivity index (χ1v) is 6.87. The highest BCUT2D eigenvalue weighted by molar-refractivity contribution is 7.80. The van der Waals surface area contributed by atoms with Crippen LogP contribution < -0.4 is 11.1 Å². The highest BCUT2D eigenvalue weighted by Gasteiger charge is 2.43. The van der Waals surface area contributed by atoms with Crippen LogP contribution in [0, 0.1) is 19.3 Å². The summed E-state index contributed by atoms with van der Waals surface area (Å²) in [7, 11) is 0. The molecule has 1 aromatic rings. The number of rotatable bonds is 4. The minimum atomic E-state index is -0.675. The second-order valence-corrected chi connectivity index (χ2v) is 5.53. The van der Waals surface area contributed by atoms with Gasteiger partial charge in [0.25, 0.3) is 0 Å². The van der Waals surface area contributed by atoms with Crippen molar-refractivity contribution in [3.63, 3.8) is 0 Å². The van der Waals surface area contributed by atoms with Crippen LogP contribution in [0.2, 0.25) is 0 Å². The van der Waals surface area contributed by atoms with E-state index in [4.69, 9.17) is 22.4 Å². The molecule has 2 rings (SSSR count). The van der Waals surface area contributed by atoms with E-state index in [1.54, 1.807) is 0 Å². The SMILES string of the molecule is Cc1nc(CNC(=O)C2(C(N)=S)CCCC2)oc1C. The van der Waals surface area contributed by atoms with Crippen molar-refractivity contribution in [3.8, 4) is 0 Å². The number of amides is 1. The predicted molar refractivity (Wildman–Crippen MR) is 75.5 cm³/mol. The molecule has 1 amide bonds. The number of nitrogens with zero attached hydrogens (tertiary/aromatic N) is 1. The zero-order valence-electron chi connectivity index (χ0n) is 11.3. The molecule has 1 fully saturated rings. The maximum absolute atomic E-state index is 12.3. The number of aromatic nitrogens is 1. The number of oxazole rings is 1. The second-order valence-electron chi connectivity index (χ2n) is 5.09. The number of aryl methyl sites for hydroxylation is 2. The third kappa shape index (κ3) is 2.63. The van der Waals surface area contributed by atoms with Gasteiger partial charge < -0.3 is 15.5 Å². The molecule has 0 radical (unpaired) electrons. The van der Waals surface area contributed by atoms with Gasteiger partial charge in [0.1, 0.15) is 5.76 Å². The van der Waals surface area contributed by atoms with Crippen molar-refractivity contribution in [1.82, 2.24) is 10.3 Å². The summed E-state index contributed by atoms with van der Waals surface area (Å²) in [5, 5.41) is 2.84. The molecule has 1 aromatic heterocycles. The van der Waals surface area contributed by atoms with Crippen molar-refractivity contribution in [2.75, 3.05) is 0 Å². The van der Waals surface area contributed by atoms with Gasteiger partial charge in [0.2, 0.25) is 11.8 Å². The van der Waals surface area contributed by atoms with Gasteiger partial charge in [-0.2, -0.15) is 0 Å². The molecule has 0 unspecified atom stereocenters. The quantitative estimate of drug-likeness (QED) is 0.822. The van der Waals surface area contributed by atoms with Crippen LogP contribution in [0.25, 0.3) is 0 Å². The summed E-state index contributed by atoms with van der Waals surface area (Å²) in [6, 6.07) is 0. The van der Waals surface area contributed by atoms with E-state index in [2.05, 4.69) is 10.3 Å². The van der Waals surface area contributed by atoms with E-state index in [9.17, 15) is 4.79 Å². The normalized spacial score (nSPS) is 17.4. The van der Waals surface area contributed by atoms with Crippen LogP contribution in [0.4, 0.5) is 0 Å². The molecule has 0 aliphatic heterocycles. The maximum atomic E-state index is 12.3. The Morgan fingerprint density at radius 1 is 1.47 bits per heavy atom. The van der Waals surface area contributed by atoms with E-state index >= 15 is 0 Å². The van der Waals surface area contributed by atoms with Crippen molar-refractivity contribution >= 4 is 23.1 Å². The third-order valence-electron chi connectivity index (χ3n) is 3.84. The lowest BCUT2D eigenvalue weighted by Crippen LogP contribution is -2.47. The number of carbonyl (C=O) groups excluding carboxylic acids is 1. The minimum absolute atomic E-state index is 0.106. The molecule has 19 heavy (non-hydrogen) atoms. The summed E-state index contributed by atoms with van der Waals surface area (Å²) in [4.78, 5) is 16.9. The fraction of sp³-hybridized carbons (Fsp3) is 0.615. The molecule has 0 atom stereocenters. The van der Waals surface area contributed by atoms with E-state index in [-0.39, 0.29) is 12.5 Å². The van der Waals surface area contributed by atoms with Crippen LogP contribution in [0.15, 0.2) is 4.42 Å². The van der Waals surface area contributed by atoms with E-state index in [0.717, 1.165) is 37.1 Å². The highest BCUT2D eigenvalue weighted by atomic mass is 32.1. The van der Waals surface area contributed by atoms with E-state index in [1.807, 2.05) is 13.8 Å². The third-order valence-corrected chi connectivity index (χ3v) is 4.23. The van der Waals surface area contributed by atoms with E-state index in [1.165, 1.54) is 0 Å². The Hall–Kier alpha value is -1.43. The van der Waals surface area contributed by atoms with E-state index < -0.39 is 5.41 Å². The lowest BCUT2D eigenvalue weighted by atomic mass is 9.85. The Bertz CT molecular complexity index is 484. The smallest absolute Gasteiger partial charge is 0.233 e.